The number of esters is 1. The monoisotopic (exact) mass is 854 g/mol. The maximum absolute atomic E-state index is 14.2. The van der Waals surface area contributed by atoms with Gasteiger partial charge >= 0.3 is 5.97 Å². The Hall–Kier alpha value is -2.68. The molecule has 0 fully saturated rings. The molecule has 0 unspecified atom stereocenters. The largest absolute Gasteiger partial charge is 0.496 e. The molecule has 4 aromatic rings. The average molecular weight is 855 g/mol. The molecule has 2 heterocycles. The third-order valence-corrected chi connectivity index (χ3v) is 9.74. The molecule has 0 radical (unpaired) electrons. The minimum absolute atomic E-state index is 0.188. The zero-order valence-electron chi connectivity index (χ0n) is 24.2. The number of carbonyl (C=O) groups is 1. The first-order chi connectivity index (χ1) is 21.2. The number of thiazole rings is 1. The lowest BCUT2D eigenvalue weighted by Crippen LogP contribution is -2.40. The van der Waals surface area contributed by atoms with Gasteiger partial charge in [-0.25, -0.2) is 9.79 Å². The number of carbonyl (C=O) groups excluding carboxylic acids is 1. The van der Waals surface area contributed by atoms with Crippen LogP contribution in [0.15, 0.2) is 81.7 Å². The number of ether oxygens (including phenoxy) is 3. The number of allylic oxidation sites excluding steroid dienone is 1. The van der Waals surface area contributed by atoms with Crippen LogP contribution >= 0.6 is 68.1 Å². The highest BCUT2D eigenvalue weighted by Crippen LogP contribution is 2.38. The van der Waals surface area contributed by atoms with Crippen molar-refractivity contribution >= 4 is 80.2 Å². The highest BCUT2D eigenvalue weighted by atomic mass is 127. The van der Waals surface area contributed by atoms with E-state index < -0.39 is 12.0 Å². The third-order valence-electron chi connectivity index (χ3n) is 6.92. The summed E-state index contributed by atoms with van der Waals surface area (Å²) < 4.78 is 21.2. The van der Waals surface area contributed by atoms with Crippen molar-refractivity contribution in [2.75, 3.05) is 13.7 Å². The minimum atomic E-state index is -0.823. The first-order valence-electron chi connectivity index (χ1n) is 14.0. The van der Waals surface area contributed by atoms with Gasteiger partial charge in [0.2, 0.25) is 0 Å². The van der Waals surface area contributed by atoms with Crippen molar-refractivity contribution in [2.24, 2.45) is 4.99 Å². The molecule has 0 bridgehead atoms. The molecule has 44 heavy (non-hydrogen) atoms. The SMILES string of the molecule is CCCC1=C(C(=O)OCC)[C@H](c2cc(Cl)ccc2OC)n2c(s/c(=C/c3cc(I)c(OCc4ccccc4)c(I)c3)c2=O)=N1. The molecule has 0 aliphatic carbocycles. The number of nitrogens with zero attached hydrogens (tertiary/aromatic N) is 2. The fraction of sp³-hybridized carbons (Fsp3) is 0.242. The predicted molar refractivity (Wildman–Crippen MR) is 190 cm³/mol. The lowest BCUT2D eigenvalue weighted by molar-refractivity contribution is -0.139. The standard InChI is InChI=1S/C33H29ClI2N2O5S/c1-4-9-25-28(32(40)42-5-2)29(22-17-21(34)12-13-26(22)41-3)38-31(39)27(44-33(38)37-25)16-20-14-23(35)30(24(36)15-20)43-18-19-10-7-6-8-11-19/h6-8,10-17,29H,4-5,9,18H2,1-3H3/b27-16+/t29-/m0/s1. The number of hydrogen-bond acceptors (Lipinski definition) is 7. The summed E-state index contributed by atoms with van der Waals surface area (Å²) >= 11 is 12.3. The van der Waals surface area contributed by atoms with Crippen LogP contribution in [0.5, 0.6) is 11.5 Å². The summed E-state index contributed by atoms with van der Waals surface area (Å²) in [5.74, 6) is 0.782. The zero-order chi connectivity index (χ0) is 31.4. The Morgan fingerprint density at radius 2 is 1.82 bits per heavy atom. The van der Waals surface area contributed by atoms with Crippen LogP contribution in [0.1, 0.15) is 49.4 Å². The highest BCUT2D eigenvalue weighted by molar-refractivity contribution is 14.1. The second-order valence-electron chi connectivity index (χ2n) is 9.89. The van der Waals surface area contributed by atoms with Crippen LogP contribution in [-0.4, -0.2) is 24.3 Å². The van der Waals surface area contributed by atoms with Gasteiger partial charge in [-0.15, -0.1) is 0 Å². The van der Waals surface area contributed by atoms with Crippen LogP contribution in [0.2, 0.25) is 5.02 Å². The van der Waals surface area contributed by atoms with E-state index in [1.807, 2.05) is 55.5 Å². The van der Waals surface area contributed by atoms with Crippen molar-refractivity contribution in [3.8, 4) is 11.5 Å². The van der Waals surface area contributed by atoms with Crippen molar-refractivity contribution in [1.29, 1.82) is 0 Å². The normalized spacial score (nSPS) is 14.7. The van der Waals surface area contributed by atoms with E-state index in [-0.39, 0.29) is 12.2 Å². The summed E-state index contributed by atoms with van der Waals surface area (Å²) in [6.07, 6.45) is 3.15. The molecule has 7 nitrogen and oxygen atoms in total. The molecule has 0 saturated heterocycles. The summed E-state index contributed by atoms with van der Waals surface area (Å²) in [6, 6.07) is 18.3. The average Bonchev–Trinajstić information content (AvgIpc) is 3.30. The van der Waals surface area contributed by atoms with Crippen molar-refractivity contribution in [3.05, 3.63) is 120 Å². The van der Waals surface area contributed by atoms with Gasteiger partial charge in [0.1, 0.15) is 24.1 Å². The number of benzene rings is 3. The van der Waals surface area contributed by atoms with Gasteiger partial charge in [-0.2, -0.15) is 0 Å². The summed E-state index contributed by atoms with van der Waals surface area (Å²) in [6.45, 7) is 4.42. The molecule has 0 saturated carbocycles. The molecular formula is C33H29ClI2N2O5S. The quantitative estimate of drug-likeness (QED) is 0.127. The first kappa shape index (κ1) is 32.7. The van der Waals surface area contributed by atoms with E-state index in [9.17, 15) is 9.59 Å². The maximum atomic E-state index is 14.2. The van der Waals surface area contributed by atoms with Gasteiger partial charge in [0.05, 0.1) is 36.7 Å². The lowest BCUT2D eigenvalue weighted by Gasteiger charge is -2.27. The van der Waals surface area contributed by atoms with Crippen LogP contribution < -0.4 is 24.4 Å². The molecule has 1 aliphatic heterocycles. The van der Waals surface area contributed by atoms with Gasteiger partial charge in [-0.3, -0.25) is 9.36 Å². The Kier molecular flexibility index (Phi) is 10.9. The molecule has 11 heteroatoms. The lowest BCUT2D eigenvalue weighted by atomic mass is 9.93. The number of hydrogen-bond donors (Lipinski definition) is 0. The van der Waals surface area contributed by atoms with Crippen LogP contribution in [0.25, 0.3) is 6.08 Å². The summed E-state index contributed by atoms with van der Waals surface area (Å²) in [4.78, 5) is 33.0. The van der Waals surface area contributed by atoms with Crippen LogP contribution in [-0.2, 0) is 16.1 Å². The van der Waals surface area contributed by atoms with Crippen molar-refractivity contribution in [2.45, 2.75) is 39.3 Å². The molecule has 1 atom stereocenters. The fourth-order valence-corrected chi connectivity index (χ4v) is 8.34. The molecule has 0 amide bonds. The Balaban J connectivity index is 1.64. The smallest absolute Gasteiger partial charge is 0.338 e. The van der Waals surface area contributed by atoms with E-state index in [4.69, 9.17) is 30.8 Å². The first-order valence-corrected chi connectivity index (χ1v) is 17.3. The van der Waals surface area contributed by atoms with Gasteiger partial charge in [0, 0.05) is 10.6 Å². The Morgan fingerprint density at radius 3 is 2.48 bits per heavy atom. The zero-order valence-corrected chi connectivity index (χ0v) is 30.1. The molecule has 1 aromatic heterocycles. The Labute approximate surface area is 291 Å². The molecular weight excluding hydrogens is 826 g/mol. The summed E-state index contributed by atoms with van der Waals surface area (Å²) in [5.41, 5.74) is 3.16. The van der Waals surface area contributed by atoms with Crippen LogP contribution in [0.3, 0.4) is 0 Å². The number of fused-ring (bicyclic) bond motifs is 1. The van der Waals surface area contributed by atoms with E-state index in [2.05, 4.69) is 45.2 Å². The van der Waals surface area contributed by atoms with Crippen molar-refractivity contribution in [1.82, 2.24) is 4.57 Å². The second kappa shape index (κ2) is 14.6. The highest BCUT2D eigenvalue weighted by Gasteiger charge is 2.36. The van der Waals surface area contributed by atoms with Crippen LogP contribution in [0, 0.1) is 7.14 Å². The molecule has 0 N–H and O–H groups in total. The van der Waals surface area contributed by atoms with Gasteiger partial charge < -0.3 is 14.2 Å². The van der Waals surface area contributed by atoms with Crippen LogP contribution in [0.4, 0.5) is 0 Å². The second-order valence-corrected chi connectivity index (χ2v) is 13.7. The van der Waals surface area contributed by atoms with E-state index in [0.29, 0.717) is 50.0 Å². The van der Waals surface area contributed by atoms with Crippen molar-refractivity contribution in [3.63, 3.8) is 0 Å². The molecule has 1 aliphatic rings. The van der Waals surface area contributed by atoms with E-state index in [0.717, 1.165) is 30.4 Å². The Bertz CT molecular complexity index is 1900. The Morgan fingerprint density at radius 1 is 1.09 bits per heavy atom. The van der Waals surface area contributed by atoms with E-state index in [1.165, 1.54) is 11.3 Å². The summed E-state index contributed by atoms with van der Waals surface area (Å²) in [5, 5.41) is 0.457. The van der Waals surface area contributed by atoms with Gasteiger partial charge in [-0.05, 0) is 106 Å². The maximum Gasteiger partial charge on any atom is 0.338 e. The molecule has 5 rings (SSSR count). The van der Waals surface area contributed by atoms with Crippen molar-refractivity contribution < 1.29 is 19.0 Å². The number of methoxy groups -OCH3 is 1. The molecule has 0 spiro atoms. The summed E-state index contributed by atoms with van der Waals surface area (Å²) in [7, 11) is 1.55. The topological polar surface area (TPSA) is 79.1 Å². The number of aromatic nitrogens is 1. The van der Waals surface area contributed by atoms with E-state index in [1.54, 1.807) is 36.8 Å². The van der Waals surface area contributed by atoms with Gasteiger partial charge in [0.15, 0.2) is 4.80 Å². The predicted octanol–water partition coefficient (Wildman–Crippen LogP) is 7.03. The molecule has 228 valence electrons. The number of rotatable bonds is 10. The molecule has 3 aromatic carbocycles. The van der Waals surface area contributed by atoms with Gasteiger partial charge in [0.25, 0.3) is 5.56 Å². The minimum Gasteiger partial charge on any atom is -0.496 e. The number of halogens is 3. The van der Waals surface area contributed by atoms with Gasteiger partial charge in [-0.1, -0.05) is 66.6 Å². The van der Waals surface area contributed by atoms with E-state index >= 15 is 0 Å². The fourth-order valence-electron chi connectivity index (χ4n) is 5.02. The third kappa shape index (κ3) is 6.92.